The molecule has 2 heterocycles. The molecule has 0 saturated carbocycles. The highest BCUT2D eigenvalue weighted by Gasteiger charge is 2.16. The third-order valence-electron chi connectivity index (χ3n) is 3.35. The van der Waals surface area contributed by atoms with Crippen molar-refractivity contribution in [2.75, 3.05) is 19.0 Å². The van der Waals surface area contributed by atoms with Crippen LogP contribution in [0.5, 0.6) is 5.75 Å². The second-order valence-corrected chi connectivity index (χ2v) is 4.65. The van der Waals surface area contributed by atoms with Crippen molar-refractivity contribution in [2.24, 2.45) is 0 Å². The Labute approximate surface area is 125 Å². The molecule has 0 fully saturated rings. The molecule has 1 aromatic carbocycles. The molecular formula is C15H15N3O4. The summed E-state index contributed by atoms with van der Waals surface area (Å²) in [5.41, 5.74) is 1.60. The van der Waals surface area contributed by atoms with Gasteiger partial charge in [0.05, 0.1) is 12.0 Å². The molecule has 0 radical (unpaired) electrons. The third kappa shape index (κ3) is 2.26. The number of hydrogen-bond acceptors (Lipinski definition) is 5. The van der Waals surface area contributed by atoms with Crippen molar-refractivity contribution < 1.29 is 14.3 Å². The minimum Gasteiger partial charge on any atom is -0.434 e. The van der Waals surface area contributed by atoms with Gasteiger partial charge < -0.3 is 24.8 Å². The fourth-order valence-corrected chi connectivity index (χ4v) is 2.37. The van der Waals surface area contributed by atoms with E-state index in [4.69, 9.17) is 9.47 Å². The van der Waals surface area contributed by atoms with Gasteiger partial charge in [-0.3, -0.25) is 4.79 Å². The molecule has 2 aromatic heterocycles. The first kappa shape index (κ1) is 14.0. The molecule has 0 spiro atoms. The Balaban J connectivity index is 2.25. The van der Waals surface area contributed by atoms with Crippen LogP contribution < -0.4 is 15.6 Å². The molecule has 0 bridgehead atoms. The standard InChI is InChI=1S/C15H15N3O4/c1-3-21-15(20)22-11-7-17-13-12(11)9-6-8(16-2)4-5-10(9)18-14(13)19/h4-7,16-17H,3H2,1-2H3,(H,18,19). The summed E-state index contributed by atoms with van der Waals surface area (Å²) in [4.78, 5) is 29.3. The van der Waals surface area contributed by atoms with Crippen LogP contribution in [0.4, 0.5) is 10.5 Å². The monoisotopic (exact) mass is 301 g/mol. The maximum absolute atomic E-state index is 12.1. The number of H-pyrrole nitrogens is 2. The van der Waals surface area contributed by atoms with Crippen LogP contribution in [-0.4, -0.2) is 29.8 Å². The van der Waals surface area contributed by atoms with Gasteiger partial charge in [0.25, 0.3) is 5.56 Å². The molecule has 0 amide bonds. The number of anilines is 1. The highest BCUT2D eigenvalue weighted by atomic mass is 16.7. The molecule has 3 rings (SSSR count). The molecule has 3 aromatic rings. The molecule has 7 heteroatoms. The first-order chi connectivity index (χ1) is 10.6. The van der Waals surface area contributed by atoms with Crippen molar-refractivity contribution in [3.8, 4) is 5.75 Å². The zero-order valence-corrected chi connectivity index (χ0v) is 12.1. The summed E-state index contributed by atoms with van der Waals surface area (Å²) < 4.78 is 9.96. The number of pyridine rings is 1. The Bertz CT molecular complexity index is 910. The second-order valence-electron chi connectivity index (χ2n) is 4.65. The molecule has 0 aliphatic carbocycles. The van der Waals surface area contributed by atoms with Gasteiger partial charge in [-0.25, -0.2) is 4.79 Å². The zero-order valence-electron chi connectivity index (χ0n) is 12.1. The molecule has 22 heavy (non-hydrogen) atoms. The summed E-state index contributed by atoms with van der Waals surface area (Å²) in [6.07, 6.45) is 0.670. The van der Waals surface area contributed by atoms with E-state index in [-0.39, 0.29) is 17.9 Å². The van der Waals surface area contributed by atoms with Gasteiger partial charge in [0.1, 0.15) is 5.52 Å². The van der Waals surface area contributed by atoms with E-state index in [0.29, 0.717) is 16.4 Å². The first-order valence-corrected chi connectivity index (χ1v) is 6.83. The summed E-state index contributed by atoms with van der Waals surface area (Å²) in [6.45, 7) is 1.90. The summed E-state index contributed by atoms with van der Waals surface area (Å²) in [5, 5.41) is 4.35. The van der Waals surface area contributed by atoms with Gasteiger partial charge >= 0.3 is 6.16 Å². The molecular weight excluding hydrogens is 286 g/mol. The SMILES string of the molecule is CCOC(=O)Oc1c[nH]c2c(=O)[nH]c3ccc(NC)cc3c12. The van der Waals surface area contributed by atoms with Gasteiger partial charge in [0.15, 0.2) is 5.75 Å². The summed E-state index contributed by atoms with van der Waals surface area (Å²) in [6, 6.07) is 5.52. The normalized spacial score (nSPS) is 10.8. The van der Waals surface area contributed by atoms with E-state index in [1.54, 1.807) is 20.0 Å². The molecule has 3 N–H and O–H groups in total. The number of rotatable bonds is 3. The molecule has 0 aliphatic heterocycles. The second kappa shape index (κ2) is 5.44. The van der Waals surface area contributed by atoms with Crippen molar-refractivity contribution in [2.45, 2.75) is 6.92 Å². The number of benzene rings is 1. The van der Waals surface area contributed by atoms with Crippen molar-refractivity contribution in [3.05, 3.63) is 34.7 Å². The summed E-state index contributed by atoms with van der Waals surface area (Å²) >= 11 is 0. The maximum Gasteiger partial charge on any atom is 0.513 e. The number of carbonyl (C=O) groups excluding carboxylic acids is 1. The summed E-state index contributed by atoms with van der Waals surface area (Å²) in [7, 11) is 1.80. The van der Waals surface area contributed by atoms with Gasteiger partial charge in [-0.2, -0.15) is 0 Å². The van der Waals surface area contributed by atoms with Crippen LogP contribution in [-0.2, 0) is 4.74 Å². The number of hydrogen-bond donors (Lipinski definition) is 3. The van der Waals surface area contributed by atoms with Crippen molar-refractivity contribution in [1.29, 1.82) is 0 Å². The van der Waals surface area contributed by atoms with Gasteiger partial charge in [-0.05, 0) is 25.1 Å². The average molecular weight is 301 g/mol. The lowest BCUT2D eigenvalue weighted by molar-refractivity contribution is 0.105. The number of nitrogens with one attached hydrogen (secondary N) is 3. The van der Waals surface area contributed by atoms with E-state index in [2.05, 4.69) is 15.3 Å². The predicted octanol–water partition coefficient (Wildman–Crippen LogP) is 2.59. The van der Waals surface area contributed by atoms with E-state index in [1.165, 1.54) is 6.20 Å². The zero-order chi connectivity index (χ0) is 15.7. The van der Waals surface area contributed by atoms with Crippen LogP contribution in [0.2, 0.25) is 0 Å². The van der Waals surface area contributed by atoms with Crippen LogP contribution in [0.15, 0.2) is 29.2 Å². The molecule has 114 valence electrons. The van der Waals surface area contributed by atoms with Crippen molar-refractivity contribution in [3.63, 3.8) is 0 Å². The van der Waals surface area contributed by atoms with E-state index in [1.807, 2.05) is 12.1 Å². The number of aromatic amines is 2. The van der Waals surface area contributed by atoms with E-state index >= 15 is 0 Å². The number of ether oxygens (including phenoxy) is 2. The highest BCUT2D eigenvalue weighted by Crippen LogP contribution is 2.31. The summed E-state index contributed by atoms with van der Waals surface area (Å²) in [5.74, 6) is 0.262. The topological polar surface area (TPSA) is 96.2 Å². The molecule has 0 unspecified atom stereocenters. The fraction of sp³-hybridized carbons (Fsp3) is 0.200. The minimum atomic E-state index is -0.804. The Morgan fingerprint density at radius 3 is 2.91 bits per heavy atom. The lowest BCUT2D eigenvalue weighted by Gasteiger charge is -2.06. The largest absolute Gasteiger partial charge is 0.513 e. The van der Waals surface area contributed by atoms with E-state index in [9.17, 15) is 9.59 Å². The molecule has 0 atom stereocenters. The molecule has 0 saturated heterocycles. The van der Waals surface area contributed by atoms with Gasteiger partial charge in [-0.15, -0.1) is 0 Å². The Morgan fingerprint density at radius 1 is 1.36 bits per heavy atom. The lowest BCUT2D eigenvalue weighted by Crippen LogP contribution is -2.10. The van der Waals surface area contributed by atoms with E-state index < -0.39 is 6.16 Å². The third-order valence-corrected chi connectivity index (χ3v) is 3.35. The maximum atomic E-state index is 12.1. The number of carbonyl (C=O) groups is 1. The molecule has 7 nitrogen and oxygen atoms in total. The van der Waals surface area contributed by atoms with Crippen molar-refractivity contribution in [1.82, 2.24) is 9.97 Å². The predicted molar refractivity (Wildman–Crippen MR) is 83.6 cm³/mol. The Morgan fingerprint density at radius 2 is 2.18 bits per heavy atom. The smallest absolute Gasteiger partial charge is 0.434 e. The number of aromatic nitrogens is 2. The first-order valence-electron chi connectivity index (χ1n) is 6.83. The van der Waals surface area contributed by atoms with E-state index in [0.717, 1.165) is 11.1 Å². The average Bonchev–Trinajstić information content (AvgIpc) is 2.92. The van der Waals surface area contributed by atoms with Gasteiger partial charge in [0.2, 0.25) is 0 Å². The molecule has 0 aliphatic rings. The quantitative estimate of drug-likeness (QED) is 0.646. The van der Waals surface area contributed by atoms with Gasteiger partial charge in [-0.1, -0.05) is 0 Å². The fourth-order valence-electron chi connectivity index (χ4n) is 2.37. The van der Waals surface area contributed by atoms with Crippen LogP contribution in [0.25, 0.3) is 21.8 Å². The van der Waals surface area contributed by atoms with Crippen molar-refractivity contribution >= 4 is 33.6 Å². The minimum absolute atomic E-state index is 0.215. The lowest BCUT2D eigenvalue weighted by atomic mass is 10.1. The Kier molecular flexibility index (Phi) is 3.46. The van der Waals surface area contributed by atoms with Crippen LogP contribution in [0.3, 0.4) is 0 Å². The van der Waals surface area contributed by atoms with Crippen LogP contribution in [0.1, 0.15) is 6.92 Å². The van der Waals surface area contributed by atoms with Crippen LogP contribution >= 0.6 is 0 Å². The van der Waals surface area contributed by atoms with Crippen LogP contribution in [0, 0.1) is 0 Å². The Hall–Kier alpha value is -2.96. The highest BCUT2D eigenvalue weighted by molar-refractivity contribution is 6.09. The van der Waals surface area contributed by atoms with Gasteiger partial charge in [0, 0.05) is 29.8 Å². The number of fused-ring (bicyclic) bond motifs is 3.